The molecular formula is C35H40FN3O5. The highest BCUT2D eigenvalue weighted by molar-refractivity contribution is 6.08. The van der Waals surface area contributed by atoms with Crippen LogP contribution in [-0.2, 0) is 23.2 Å². The van der Waals surface area contributed by atoms with Crippen LogP contribution in [-0.4, -0.2) is 43.2 Å². The molecule has 2 aromatic carbocycles. The Kier molecular flexibility index (Phi) is 9.72. The Morgan fingerprint density at radius 3 is 2.39 bits per heavy atom. The quantitative estimate of drug-likeness (QED) is 0.280. The number of rotatable bonds is 11. The number of allylic oxidation sites excluding steroid dienone is 2. The van der Waals surface area contributed by atoms with Gasteiger partial charge in [-0.2, -0.15) is 0 Å². The molecule has 0 saturated heterocycles. The van der Waals surface area contributed by atoms with Gasteiger partial charge < -0.3 is 29.4 Å². The summed E-state index contributed by atoms with van der Waals surface area (Å²) < 4.78 is 33.6. The van der Waals surface area contributed by atoms with E-state index in [-0.39, 0.29) is 36.7 Å². The van der Waals surface area contributed by atoms with E-state index in [1.165, 1.54) is 32.8 Å². The number of carbonyl (C=O) groups excluding carboxylic acids is 2. The molecule has 1 aromatic heterocycles. The van der Waals surface area contributed by atoms with E-state index < -0.39 is 0 Å². The van der Waals surface area contributed by atoms with Crippen LogP contribution in [0.15, 0.2) is 54.2 Å². The lowest BCUT2D eigenvalue weighted by molar-refractivity contribution is -0.124. The Morgan fingerprint density at radius 1 is 1.00 bits per heavy atom. The SMILES string of the molecule is COc1cc(/C=C2/C(C)=C(CC(=O)NCc3cccn3C)c3cc(F)ccc32)cc(OC)c1OCC(=O)NC1CCCCC1. The predicted molar refractivity (Wildman–Crippen MR) is 169 cm³/mol. The summed E-state index contributed by atoms with van der Waals surface area (Å²) in [4.78, 5) is 25.6. The van der Waals surface area contributed by atoms with Crippen LogP contribution in [0.25, 0.3) is 17.2 Å². The van der Waals surface area contributed by atoms with Crippen molar-refractivity contribution in [3.05, 3.63) is 82.4 Å². The molecule has 5 rings (SSSR count). The average Bonchev–Trinajstić information content (AvgIpc) is 3.54. The summed E-state index contributed by atoms with van der Waals surface area (Å²) in [7, 11) is 5.00. The van der Waals surface area contributed by atoms with Crippen LogP contribution < -0.4 is 24.8 Å². The van der Waals surface area contributed by atoms with E-state index >= 15 is 0 Å². The Bertz CT molecular complexity index is 1570. The number of nitrogens with zero attached hydrogens (tertiary/aromatic N) is 1. The molecule has 1 heterocycles. The van der Waals surface area contributed by atoms with Crippen LogP contribution in [0.5, 0.6) is 17.2 Å². The molecule has 232 valence electrons. The minimum absolute atomic E-state index is 0.117. The van der Waals surface area contributed by atoms with Gasteiger partial charge in [-0.15, -0.1) is 0 Å². The molecule has 0 radical (unpaired) electrons. The van der Waals surface area contributed by atoms with E-state index in [1.807, 2.05) is 55.1 Å². The number of ether oxygens (including phenoxy) is 3. The van der Waals surface area contributed by atoms with E-state index in [0.29, 0.717) is 29.4 Å². The number of halogens is 1. The lowest BCUT2D eigenvalue weighted by atomic mass is 9.95. The van der Waals surface area contributed by atoms with Crippen molar-refractivity contribution in [3.63, 3.8) is 0 Å². The number of amides is 2. The second kappa shape index (κ2) is 13.8. The van der Waals surface area contributed by atoms with Gasteiger partial charge >= 0.3 is 0 Å². The van der Waals surface area contributed by atoms with E-state index in [1.54, 1.807) is 6.07 Å². The molecule has 1 fully saturated rings. The fraction of sp³-hybridized carbons (Fsp3) is 0.371. The van der Waals surface area contributed by atoms with Gasteiger partial charge in [-0.05, 0) is 95.6 Å². The van der Waals surface area contributed by atoms with Crippen molar-refractivity contribution in [1.29, 1.82) is 0 Å². The first-order valence-corrected chi connectivity index (χ1v) is 15.0. The number of fused-ring (bicyclic) bond motifs is 1. The van der Waals surface area contributed by atoms with Gasteiger partial charge in [-0.3, -0.25) is 9.59 Å². The Labute approximate surface area is 257 Å². The molecule has 2 aliphatic rings. The molecule has 44 heavy (non-hydrogen) atoms. The number of hydrogen-bond acceptors (Lipinski definition) is 5. The fourth-order valence-corrected chi connectivity index (χ4v) is 6.02. The van der Waals surface area contributed by atoms with Gasteiger partial charge in [-0.25, -0.2) is 4.39 Å². The number of hydrogen-bond donors (Lipinski definition) is 2. The smallest absolute Gasteiger partial charge is 0.258 e. The maximum Gasteiger partial charge on any atom is 0.258 e. The van der Waals surface area contributed by atoms with E-state index in [2.05, 4.69) is 10.6 Å². The number of nitrogens with one attached hydrogen (secondary N) is 2. The second-order valence-corrected chi connectivity index (χ2v) is 11.4. The predicted octanol–water partition coefficient (Wildman–Crippen LogP) is 6.04. The van der Waals surface area contributed by atoms with Gasteiger partial charge in [0.05, 0.1) is 27.2 Å². The third-order valence-electron chi connectivity index (χ3n) is 8.42. The molecule has 2 N–H and O–H groups in total. The van der Waals surface area contributed by atoms with Crippen molar-refractivity contribution in [1.82, 2.24) is 15.2 Å². The summed E-state index contributed by atoms with van der Waals surface area (Å²) >= 11 is 0. The first-order chi connectivity index (χ1) is 21.3. The monoisotopic (exact) mass is 601 g/mol. The van der Waals surface area contributed by atoms with Gasteiger partial charge in [0.2, 0.25) is 11.7 Å². The topological polar surface area (TPSA) is 90.8 Å². The average molecular weight is 602 g/mol. The maximum absolute atomic E-state index is 14.4. The van der Waals surface area contributed by atoms with Crippen LogP contribution >= 0.6 is 0 Å². The highest BCUT2D eigenvalue weighted by Crippen LogP contribution is 2.45. The molecule has 0 atom stereocenters. The van der Waals surface area contributed by atoms with Crippen molar-refractivity contribution in [2.45, 2.75) is 58.0 Å². The van der Waals surface area contributed by atoms with Gasteiger partial charge in [0.25, 0.3) is 5.91 Å². The molecule has 2 amide bonds. The van der Waals surface area contributed by atoms with Gasteiger partial charge in [0.1, 0.15) is 5.82 Å². The normalized spacial score (nSPS) is 15.7. The standard InChI is InChI=1S/C35H40FN3O5/c1-22-28(27-13-12-24(36)18-30(27)29(22)19-33(40)37-20-26-11-8-14-39(26)2)15-23-16-31(42-3)35(32(17-23)43-4)44-21-34(41)38-25-9-6-5-7-10-25/h8,11-18,25H,5-7,9-10,19-21H2,1-4H3,(H,37,40)(H,38,41)/b28-15-. The highest BCUT2D eigenvalue weighted by atomic mass is 19.1. The molecule has 2 aliphatic carbocycles. The molecule has 0 aliphatic heterocycles. The number of methoxy groups -OCH3 is 2. The van der Waals surface area contributed by atoms with Crippen molar-refractivity contribution < 1.29 is 28.2 Å². The molecule has 1 saturated carbocycles. The zero-order chi connectivity index (χ0) is 31.2. The number of carbonyl (C=O) groups is 2. The maximum atomic E-state index is 14.4. The van der Waals surface area contributed by atoms with Gasteiger partial charge in [0.15, 0.2) is 18.1 Å². The summed E-state index contributed by atoms with van der Waals surface area (Å²) in [5.74, 6) is 0.490. The van der Waals surface area contributed by atoms with Crippen LogP contribution in [0.2, 0.25) is 0 Å². The summed E-state index contributed by atoms with van der Waals surface area (Å²) in [6, 6.07) is 12.3. The summed E-state index contributed by atoms with van der Waals surface area (Å²) in [6.07, 6.45) is 9.46. The Balaban J connectivity index is 1.38. The minimum Gasteiger partial charge on any atom is -0.493 e. The zero-order valence-corrected chi connectivity index (χ0v) is 25.8. The Morgan fingerprint density at radius 2 is 1.73 bits per heavy atom. The number of aryl methyl sites for hydroxylation is 1. The van der Waals surface area contributed by atoms with Crippen LogP contribution in [0.3, 0.4) is 0 Å². The van der Waals surface area contributed by atoms with Crippen molar-refractivity contribution in [2.75, 3.05) is 20.8 Å². The molecule has 0 spiro atoms. The van der Waals surface area contributed by atoms with Crippen molar-refractivity contribution in [2.24, 2.45) is 7.05 Å². The second-order valence-electron chi connectivity index (χ2n) is 11.4. The first kappa shape index (κ1) is 30.9. The zero-order valence-electron chi connectivity index (χ0n) is 25.8. The van der Waals surface area contributed by atoms with Crippen molar-refractivity contribution >= 4 is 29.0 Å². The molecule has 3 aromatic rings. The lowest BCUT2D eigenvalue weighted by Gasteiger charge is -2.23. The number of aromatic nitrogens is 1. The summed E-state index contributed by atoms with van der Waals surface area (Å²) in [5, 5.41) is 6.04. The summed E-state index contributed by atoms with van der Waals surface area (Å²) in [6.45, 7) is 2.20. The summed E-state index contributed by atoms with van der Waals surface area (Å²) in [5.41, 5.74) is 5.82. The van der Waals surface area contributed by atoms with Gasteiger partial charge in [0, 0.05) is 25.0 Å². The first-order valence-electron chi connectivity index (χ1n) is 15.0. The van der Waals surface area contributed by atoms with Gasteiger partial charge in [-0.1, -0.05) is 25.3 Å². The third kappa shape index (κ3) is 6.98. The highest BCUT2D eigenvalue weighted by Gasteiger charge is 2.26. The Hall–Kier alpha value is -4.53. The molecule has 0 bridgehead atoms. The van der Waals surface area contributed by atoms with Crippen LogP contribution in [0, 0.1) is 5.82 Å². The van der Waals surface area contributed by atoms with Crippen molar-refractivity contribution in [3.8, 4) is 17.2 Å². The molecular weight excluding hydrogens is 561 g/mol. The number of benzene rings is 2. The van der Waals surface area contributed by atoms with Crippen LogP contribution in [0.1, 0.15) is 67.8 Å². The van der Waals surface area contributed by atoms with E-state index in [9.17, 15) is 14.0 Å². The minimum atomic E-state index is -0.364. The molecule has 0 unspecified atom stereocenters. The van der Waals surface area contributed by atoms with E-state index in [4.69, 9.17) is 14.2 Å². The van der Waals surface area contributed by atoms with E-state index in [0.717, 1.165) is 59.2 Å². The third-order valence-corrected chi connectivity index (χ3v) is 8.42. The van der Waals surface area contributed by atoms with Crippen LogP contribution in [0.4, 0.5) is 4.39 Å². The fourth-order valence-electron chi connectivity index (χ4n) is 6.02. The lowest BCUT2D eigenvalue weighted by Crippen LogP contribution is -2.39. The molecule has 9 heteroatoms. The largest absolute Gasteiger partial charge is 0.493 e. The molecule has 8 nitrogen and oxygen atoms in total.